The van der Waals surface area contributed by atoms with Crippen LogP contribution in [-0.4, -0.2) is 26.1 Å². The topological polar surface area (TPSA) is 81.2 Å². The molecule has 0 aliphatic rings. The second-order valence-electron chi connectivity index (χ2n) is 5.90. The molecule has 2 heterocycles. The molecule has 0 unspecified atom stereocenters. The summed E-state index contributed by atoms with van der Waals surface area (Å²) in [7, 11) is 1.53. The van der Waals surface area contributed by atoms with E-state index in [1.807, 2.05) is 30.5 Å². The van der Waals surface area contributed by atoms with E-state index in [0.717, 1.165) is 11.0 Å². The molecule has 1 N–H and O–H groups in total. The van der Waals surface area contributed by atoms with Gasteiger partial charge in [0.1, 0.15) is 17.1 Å². The Balaban J connectivity index is 1.88. The number of fused-ring (bicyclic) bond motifs is 1. The summed E-state index contributed by atoms with van der Waals surface area (Å²) < 4.78 is 20.1. The average Bonchev–Trinajstić information content (AvgIpc) is 3.16. The minimum absolute atomic E-state index is 0.122. The van der Waals surface area contributed by atoms with Crippen LogP contribution in [0.1, 0.15) is 0 Å². The SMILES string of the molecule is CSc1ccc(-c2noc(-c3c(O)c4cc(F)ccc4n(C)c3=O)n2)cc1. The summed E-state index contributed by atoms with van der Waals surface area (Å²) in [6, 6.07) is 11.3. The fourth-order valence-electron chi connectivity index (χ4n) is 2.88. The number of halogens is 1. The molecule has 4 rings (SSSR count). The molecule has 136 valence electrons. The Morgan fingerprint density at radius 3 is 2.63 bits per heavy atom. The maximum absolute atomic E-state index is 13.6. The van der Waals surface area contributed by atoms with Gasteiger partial charge in [0.05, 0.1) is 5.52 Å². The second-order valence-corrected chi connectivity index (χ2v) is 6.78. The van der Waals surface area contributed by atoms with E-state index in [1.54, 1.807) is 11.8 Å². The molecule has 0 amide bonds. The van der Waals surface area contributed by atoms with Crippen molar-refractivity contribution >= 4 is 22.7 Å². The van der Waals surface area contributed by atoms with Crippen LogP contribution in [0.2, 0.25) is 0 Å². The van der Waals surface area contributed by atoms with E-state index in [0.29, 0.717) is 16.9 Å². The molecule has 0 bridgehead atoms. The van der Waals surface area contributed by atoms with E-state index in [2.05, 4.69) is 10.1 Å². The maximum atomic E-state index is 13.6. The molecule has 2 aromatic carbocycles. The first-order chi connectivity index (χ1) is 13.0. The number of hydrogen-bond acceptors (Lipinski definition) is 6. The summed E-state index contributed by atoms with van der Waals surface area (Å²) in [6.45, 7) is 0. The largest absolute Gasteiger partial charge is 0.506 e. The Kier molecular flexibility index (Phi) is 4.19. The van der Waals surface area contributed by atoms with Crippen molar-refractivity contribution in [3.63, 3.8) is 0 Å². The van der Waals surface area contributed by atoms with Crippen molar-refractivity contribution in [3.05, 3.63) is 58.6 Å². The number of pyridine rings is 1. The van der Waals surface area contributed by atoms with Gasteiger partial charge in [-0.3, -0.25) is 4.79 Å². The Hall–Kier alpha value is -3.13. The molecule has 0 atom stereocenters. The first-order valence-electron chi connectivity index (χ1n) is 7.99. The van der Waals surface area contributed by atoms with Gasteiger partial charge in [-0.2, -0.15) is 4.98 Å². The standard InChI is InChI=1S/C19H14FN3O3S/c1-23-14-8-5-11(20)9-13(14)16(24)15(19(23)25)18-21-17(22-26-18)10-3-6-12(27-2)7-4-10/h3-9,24H,1-2H3. The van der Waals surface area contributed by atoms with Gasteiger partial charge in [-0.1, -0.05) is 5.16 Å². The molecule has 0 spiro atoms. The highest BCUT2D eigenvalue weighted by atomic mass is 32.2. The molecule has 6 nitrogen and oxygen atoms in total. The number of hydrogen-bond donors (Lipinski definition) is 1. The smallest absolute Gasteiger partial charge is 0.267 e. The van der Waals surface area contributed by atoms with Crippen LogP contribution in [0.4, 0.5) is 4.39 Å². The van der Waals surface area contributed by atoms with Gasteiger partial charge in [0, 0.05) is 22.9 Å². The van der Waals surface area contributed by atoms with Crippen LogP contribution in [0, 0.1) is 5.82 Å². The average molecular weight is 383 g/mol. The Morgan fingerprint density at radius 1 is 1.19 bits per heavy atom. The summed E-state index contributed by atoms with van der Waals surface area (Å²) in [5.41, 5.74) is 0.440. The molecule has 0 saturated carbocycles. The normalized spacial score (nSPS) is 11.2. The fraction of sp³-hybridized carbons (Fsp3) is 0.105. The van der Waals surface area contributed by atoms with Crippen LogP contribution in [0.5, 0.6) is 5.75 Å². The van der Waals surface area contributed by atoms with Gasteiger partial charge < -0.3 is 14.2 Å². The van der Waals surface area contributed by atoms with Crippen LogP contribution in [0.25, 0.3) is 33.7 Å². The maximum Gasteiger partial charge on any atom is 0.267 e. The van der Waals surface area contributed by atoms with Crippen LogP contribution in [0.15, 0.2) is 56.7 Å². The summed E-state index contributed by atoms with van der Waals surface area (Å²) >= 11 is 1.61. The zero-order valence-electron chi connectivity index (χ0n) is 14.4. The molecular weight excluding hydrogens is 369 g/mol. The quantitative estimate of drug-likeness (QED) is 0.542. The lowest BCUT2D eigenvalue weighted by molar-refractivity contribution is 0.425. The molecular formula is C19H14FN3O3S. The predicted octanol–water partition coefficient (Wildman–Crippen LogP) is 3.82. The van der Waals surface area contributed by atoms with Crippen molar-refractivity contribution in [2.75, 3.05) is 6.26 Å². The second kappa shape index (κ2) is 6.55. The van der Waals surface area contributed by atoms with Gasteiger partial charge in [-0.05, 0) is 48.7 Å². The van der Waals surface area contributed by atoms with Gasteiger partial charge in [0.15, 0.2) is 0 Å². The molecule has 0 fully saturated rings. The van der Waals surface area contributed by atoms with E-state index < -0.39 is 11.4 Å². The number of aryl methyl sites for hydroxylation is 1. The first kappa shape index (κ1) is 17.3. The van der Waals surface area contributed by atoms with Gasteiger partial charge in [0.25, 0.3) is 11.4 Å². The molecule has 0 aliphatic carbocycles. The van der Waals surface area contributed by atoms with Crippen LogP contribution in [-0.2, 0) is 7.05 Å². The van der Waals surface area contributed by atoms with Gasteiger partial charge in [-0.25, -0.2) is 4.39 Å². The minimum atomic E-state index is -0.525. The third-order valence-electron chi connectivity index (χ3n) is 4.32. The summed E-state index contributed by atoms with van der Waals surface area (Å²) in [4.78, 5) is 18.0. The van der Waals surface area contributed by atoms with Gasteiger partial charge in [0.2, 0.25) is 5.82 Å². The van der Waals surface area contributed by atoms with Crippen molar-refractivity contribution in [2.45, 2.75) is 4.90 Å². The van der Waals surface area contributed by atoms with Crippen LogP contribution in [0.3, 0.4) is 0 Å². The highest BCUT2D eigenvalue weighted by Gasteiger charge is 2.22. The van der Waals surface area contributed by atoms with Crippen LogP contribution < -0.4 is 5.56 Å². The highest BCUT2D eigenvalue weighted by molar-refractivity contribution is 7.98. The van der Waals surface area contributed by atoms with E-state index in [-0.39, 0.29) is 22.6 Å². The Labute approximate surface area is 157 Å². The number of aromatic nitrogens is 3. The van der Waals surface area contributed by atoms with Gasteiger partial charge in [-0.15, -0.1) is 11.8 Å². The lowest BCUT2D eigenvalue weighted by atomic mass is 10.1. The number of benzene rings is 2. The van der Waals surface area contributed by atoms with Crippen LogP contribution >= 0.6 is 11.8 Å². The van der Waals surface area contributed by atoms with Crippen molar-refractivity contribution in [2.24, 2.45) is 7.05 Å². The molecule has 8 heteroatoms. The van der Waals surface area contributed by atoms with Crippen molar-refractivity contribution in [1.82, 2.24) is 14.7 Å². The van der Waals surface area contributed by atoms with Crippen molar-refractivity contribution in [1.29, 1.82) is 0 Å². The van der Waals surface area contributed by atoms with E-state index in [9.17, 15) is 14.3 Å². The zero-order valence-corrected chi connectivity index (χ0v) is 15.2. The van der Waals surface area contributed by atoms with Crippen molar-refractivity contribution < 1.29 is 14.0 Å². The Morgan fingerprint density at radius 2 is 1.93 bits per heavy atom. The molecule has 4 aromatic rings. The lowest BCUT2D eigenvalue weighted by Crippen LogP contribution is -2.19. The zero-order chi connectivity index (χ0) is 19.1. The molecule has 0 radical (unpaired) electrons. The summed E-state index contributed by atoms with van der Waals surface area (Å²) in [6.07, 6.45) is 1.97. The number of aromatic hydroxyl groups is 1. The third-order valence-corrected chi connectivity index (χ3v) is 5.06. The van der Waals surface area contributed by atoms with E-state index >= 15 is 0 Å². The monoisotopic (exact) mass is 383 g/mol. The minimum Gasteiger partial charge on any atom is -0.506 e. The Bertz CT molecular complexity index is 1220. The lowest BCUT2D eigenvalue weighted by Gasteiger charge is -2.09. The summed E-state index contributed by atoms with van der Waals surface area (Å²) in [5, 5.41) is 14.7. The predicted molar refractivity (Wildman–Crippen MR) is 101 cm³/mol. The van der Waals surface area contributed by atoms with Gasteiger partial charge >= 0.3 is 0 Å². The van der Waals surface area contributed by atoms with Crippen molar-refractivity contribution in [3.8, 4) is 28.6 Å². The fourth-order valence-corrected chi connectivity index (χ4v) is 3.29. The number of nitrogens with zero attached hydrogens (tertiary/aromatic N) is 3. The first-order valence-corrected chi connectivity index (χ1v) is 9.22. The number of rotatable bonds is 3. The molecule has 0 saturated heterocycles. The molecule has 2 aromatic heterocycles. The van der Waals surface area contributed by atoms with E-state index in [1.165, 1.54) is 23.7 Å². The number of thioether (sulfide) groups is 1. The highest BCUT2D eigenvalue weighted by Crippen LogP contribution is 2.33. The summed E-state index contributed by atoms with van der Waals surface area (Å²) in [5.74, 6) is -0.746. The van der Waals surface area contributed by atoms with E-state index in [4.69, 9.17) is 4.52 Å². The molecule has 27 heavy (non-hydrogen) atoms. The molecule has 0 aliphatic heterocycles. The third kappa shape index (κ3) is 2.87.